The highest BCUT2D eigenvalue weighted by molar-refractivity contribution is 6.13. The van der Waals surface area contributed by atoms with Crippen molar-refractivity contribution in [2.75, 3.05) is 0 Å². The fourth-order valence-corrected chi connectivity index (χ4v) is 10.3. The van der Waals surface area contributed by atoms with Gasteiger partial charge >= 0.3 is 6.18 Å². The molecule has 2 aromatic heterocycles. The molecule has 0 atom stereocenters. The van der Waals surface area contributed by atoms with E-state index in [1.807, 2.05) is 54.6 Å². The second-order valence-corrected chi connectivity index (χ2v) is 16.8. The van der Waals surface area contributed by atoms with E-state index in [0.29, 0.717) is 33.4 Å². The molecule has 10 aromatic rings. The van der Waals surface area contributed by atoms with Crippen molar-refractivity contribution in [3.8, 4) is 50.8 Å². The molecule has 0 radical (unpaired) electrons. The molecule has 0 amide bonds. The van der Waals surface area contributed by atoms with Crippen LogP contribution in [0.15, 0.2) is 146 Å². The molecule has 0 fully saturated rings. The van der Waals surface area contributed by atoms with Crippen molar-refractivity contribution in [2.24, 2.45) is 0 Å². The Labute approximate surface area is 358 Å². The molecule has 302 valence electrons. The Bertz CT molecular complexity index is 3490. The van der Waals surface area contributed by atoms with E-state index in [-0.39, 0.29) is 5.69 Å². The van der Waals surface area contributed by atoms with Crippen LogP contribution in [0.2, 0.25) is 0 Å². The SMILES string of the molecule is Cc1cc(C)c(-c2ccc3c(c2)c2ccccc2n3-c2ccc(C#N)cc2-c2cccc(C(F)(F)F)c2-n2c3ccccc3c3cc(-c4c(C)cc(C)cc4C)ccc32)c(C)c1. The molecular formula is C56H42F3N3. The third kappa shape index (κ3) is 6.10. The topological polar surface area (TPSA) is 33.6 Å². The summed E-state index contributed by atoms with van der Waals surface area (Å²) in [6, 6.07) is 49.1. The summed E-state index contributed by atoms with van der Waals surface area (Å²) in [5, 5.41) is 14.1. The molecule has 0 saturated carbocycles. The first kappa shape index (κ1) is 38.8. The van der Waals surface area contributed by atoms with Crippen LogP contribution >= 0.6 is 0 Å². The van der Waals surface area contributed by atoms with Crippen molar-refractivity contribution in [3.05, 3.63) is 190 Å². The molecule has 0 bridgehead atoms. The van der Waals surface area contributed by atoms with Gasteiger partial charge in [0.1, 0.15) is 0 Å². The normalized spacial score (nSPS) is 11.9. The van der Waals surface area contributed by atoms with E-state index >= 15 is 13.2 Å². The predicted molar refractivity (Wildman–Crippen MR) is 250 cm³/mol. The number of nitriles is 1. The number of nitrogens with zero attached hydrogens (tertiary/aromatic N) is 3. The van der Waals surface area contributed by atoms with Crippen LogP contribution in [-0.4, -0.2) is 9.13 Å². The van der Waals surface area contributed by atoms with Gasteiger partial charge in [0.25, 0.3) is 0 Å². The summed E-state index contributed by atoms with van der Waals surface area (Å²) < 4.78 is 50.9. The average Bonchev–Trinajstić information content (AvgIpc) is 3.74. The predicted octanol–water partition coefficient (Wildman–Crippen LogP) is 15.6. The number of para-hydroxylation sites is 3. The van der Waals surface area contributed by atoms with Gasteiger partial charge in [0.15, 0.2) is 0 Å². The summed E-state index contributed by atoms with van der Waals surface area (Å²) >= 11 is 0. The van der Waals surface area contributed by atoms with Crippen LogP contribution in [0.3, 0.4) is 0 Å². The van der Waals surface area contributed by atoms with Crippen molar-refractivity contribution >= 4 is 43.6 Å². The van der Waals surface area contributed by atoms with Gasteiger partial charge in [-0.05, 0) is 147 Å². The highest BCUT2D eigenvalue weighted by Crippen LogP contribution is 2.47. The molecule has 0 spiro atoms. The van der Waals surface area contributed by atoms with Gasteiger partial charge in [0, 0.05) is 32.7 Å². The van der Waals surface area contributed by atoms with E-state index in [9.17, 15) is 5.26 Å². The van der Waals surface area contributed by atoms with Crippen LogP contribution in [0.4, 0.5) is 13.2 Å². The average molecular weight is 814 g/mol. The number of aromatic nitrogens is 2. The molecule has 8 aromatic carbocycles. The Morgan fingerprint density at radius 1 is 0.452 bits per heavy atom. The number of fused-ring (bicyclic) bond motifs is 6. The minimum absolute atomic E-state index is 0.00589. The first-order valence-electron chi connectivity index (χ1n) is 20.8. The van der Waals surface area contributed by atoms with Gasteiger partial charge in [-0.3, -0.25) is 0 Å². The lowest BCUT2D eigenvalue weighted by molar-refractivity contribution is -0.137. The molecule has 0 aliphatic carbocycles. The fraction of sp³-hybridized carbons (Fsp3) is 0.125. The number of halogens is 3. The summed E-state index contributed by atoms with van der Waals surface area (Å²) in [6.45, 7) is 12.7. The maximum absolute atomic E-state index is 15.7. The summed E-state index contributed by atoms with van der Waals surface area (Å²) in [5.41, 5.74) is 15.7. The second-order valence-electron chi connectivity index (χ2n) is 16.8. The second kappa shape index (κ2) is 14.4. The summed E-state index contributed by atoms with van der Waals surface area (Å²) in [5.74, 6) is 0. The van der Waals surface area contributed by atoms with Crippen LogP contribution in [0.25, 0.3) is 88.4 Å². The zero-order valence-corrected chi connectivity index (χ0v) is 35.3. The highest BCUT2D eigenvalue weighted by Gasteiger charge is 2.37. The van der Waals surface area contributed by atoms with E-state index in [4.69, 9.17) is 0 Å². The minimum atomic E-state index is -4.71. The smallest absolute Gasteiger partial charge is 0.309 e. The van der Waals surface area contributed by atoms with E-state index < -0.39 is 11.7 Å². The van der Waals surface area contributed by atoms with Crippen molar-refractivity contribution < 1.29 is 13.2 Å². The number of hydrogen-bond donors (Lipinski definition) is 0. The monoisotopic (exact) mass is 813 g/mol. The fourth-order valence-electron chi connectivity index (χ4n) is 10.3. The highest BCUT2D eigenvalue weighted by atomic mass is 19.4. The van der Waals surface area contributed by atoms with Crippen molar-refractivity contribution in [2.45, 2.75) is 47.7 Å². The van der Waals surface area contributed by atoms with Gasteiger partial charge in [-0.15, -0.1) is 0 Å². The van der Waals surface area contributed by atoms with Gasteiger partial charge < -0.3 is 9.13 Å². The van der Waals surface area contributed by atoms with E-state index in [1.165, 1.54) is 33.9 Å². The maximum Gasteiger partial charge on any atom is 0.418 e. The number of benzene rings is 8. The van der Waals surface area contributed by atoms with Crippen molar-refractivity contribution in [1.82, 2.24) is 9.13 Å². The molecule has 6 heteroatoms. The minimum Gasteiger partial charge on any atom is -0.309 e. The third-order valence-electron chi connectivity index (χ3n) is 12.5. The van der Waals surface area contributed by atoms with Crippen LogP contribution in [0.5, 0.6) is 0 Å². The number of hydrogen-bond acceptors (Lipinski definition) is 1. The quantitative estimate of drug-likeness (QED) is 0.170. The Balaban J connectivity index is 1.28. The molecular weight excluding hydrogens is 772 g/mol. The van der Waals surface area contributed by atoms with Gasteiger partial charge in [-0.25, -0.2) is 0 Å². The lowest BCUT2D eigenvalue weighted by Gasteiger charge is -2.22. The van der Waals surface area contributed by atoms with E-state index in [1.54, 1.807) is 22.8 Å². The number of alkyl halides is 3. The largest absolute Gasteiger partial charge is 0.418 e. The molecule has 3 nitrogen and oxygen atoms in total. The van der Waals surface area contributed by atoms with Gasteiger partial charge in [-0.2, -0.15) is 18.4 Å². The third-order valence-corrected chi connectivity index (χ3v) is 12.5. The zero-order chi connectivity index (χ0) is 43.2. The Hall–Kier alpha value is -7.36. The first-order chi connectivity index (χ1) is 29.8. The molecule has 0 aliphatic heterocycles. The molecule has 0 saturated heterocycles. The lowest BCUT2D eigenvalue weighted by Crippen LogP contribution is -2.12. The maximum atomic E-state index is 15.7. The Morgan fingerprint density at radius 2 is 0.935 bits per heavy atom. The van der Waals surface area contributed by atoms with E-state index in [2.05, 4.69) is 113 Å². The van der Waals surface area contributed by atoms with Gasteiger partial charge in [-0.1, -0.05) is 96.1 Å². The first-order valence-corrected chi connectivity index (χ1v) is 20.8. The van der Waals surface area contributed by atoms with Crippen LogP contribution in [0.1, 0.15) is 44.5 Å². The van der Waals surface area contributed by atoms with Crippen LogP contribution < -0.4 is 0 Å². The van der Waals surface area contributed by atoms with E-state index in [0.717, 1.165) is 66.5 Å². The zero-order valence-electron chi connectivity index (χ0n) is 35.3. The summed E-state index contributed by atoms with van der Waals surface area (Å²) in [4.78, 5) is 0. The molecule has 0 unspecified atom stereocenters. The molecule has 62 heavy (non-hydrogen) atoms. The standard InChI is InChI=1S/C56H42F3N3/c1-32-24-34(3)53(35(4)25-32)39-19-22-51-45(29-39)41-12-7-9-16-48(41)61(51)50-21-18-38(31-60)28-44(50)43-14-11-15-47(56(57,58)59)55(43)62-49-17-10-8-13-42(49)46-30-40(20-23-52(46)62)54-36(5)26-33(2)27-37(54)6/h7-30H,1-6H3. The van der Waals surface area contributed by atoms with Crippen molar-refractivity contribution in [1.29, 1.82) is 5.26 Å². The Morgan fingerprint density at radius 3 is 1.45 bits per heavy atom. The van der Waals surface area contributed by atoms with Crippen molar-refractivity contribution in [3.63, 3.8) is 0 Å². The molecule has 2 heterocycles. The summed E-state index contributed by atoms with van der Waals surface area (Å²) in [6.07, 6.45) is -4.71. The molecule has 10 rings (SSSR count). The molecule has 0 N–H and O–H groups in total. The molecule has 0 aliphatic rings. The number of aryl methyl sites for hydroxylation is 6. The summed E-state index contributed by atoms with van der Waals surface area (Å²) in [7, 11) is 0. The van der Waals surface area contributed by atoms with Crippen LogP contribution in [-0.2, 0) is 6.18 Å². The van der Waals surface area contributed by atoms with Gasteiger partial charge in [0.05, 0.1) is 50.6 Å². The van der Waals surface area contributed by atoms with Crippen LogP contribution in [0, 0.1) is 52.9 Å². The Kier molecular flexibility index (Phi) is 9.01. The lowest BCUT2D eigenvalue weighted by atomic mass is 9.93. The van der Waals surface area contributed by atoms with Gasteiger partial charge in [0.2, 0.25) is 0 Å². The number of rotatable bonds is 5.